The van der Waals surface area contributed by atoms with Crippen LogP contribution in [0.5, 0.6) is 0 Å². The van der Waals surface area contributed by atoms with Gasteiger partial charge in [-0.05, 0) is 30.5 Å². The van der Waals surface area contributed by atoms with Crippen molar-refractivity contribution < 1.29 is 23.1 Å². The first-order chi connectivity index (χ1) is 11.5. The maximum Gasteiger partial charge on any atom is 0.227 e. The number of pyridine rings is 1. The number of benzene rings is 1. The Balaban J connectivity index is 1.75. The highest BCUT2D eigenvalue weighted by Crippen LogP contribution is 2.36. The summed E-state index contributed by atoms with van der Waals surface area (Å²) < 4.78 is 39.8. The number of rotatable bonds is 3. The molecule has 3 rings (SSSR count). The van der Waals surface area contributed by atoms with Gasteiger partial charge in [-0.25, -0.2) is 13.2 Å². The van der Waals surface area contributed by atoms with Crippen LogP contribution in [0.1, 0.15) is 41.7 Å². The minimum Gasteiger partial charge on any atom is -0.387 e. The van der Waals surface area contributed by atoms with Gasteiger partial charge in [-0.1, -0.05) is 12.1 Å². The Kier molecular flexibility index (Phi) is 4.53. The van der Waals surface area contributed by atoms with Crippen LogP contribution >= 0.6 is 0 Å². The molecule has 0 aliphatic heterocycles. The maximum atomic E-state index is 13.6. The van der Waals surface area contributed by atoms with Crippen LogP contribution in [-0.2, 0) is 11.3 Å². The molecule has 1 aromatic heterocycles. The van der Waals surface area contributed by atoms with Gasteiger partial charge in [-0.3, -0.25) is 9.78 Å². The summed E-state index contributed by atoms with van der Waals surface area (Å²) in [6.45, 7) is -0.253. The fourth-order valence-corrected chi connectivity index (χ4v) is 2.90. The fraction of sp³-hybridized carbons (Fsp3) is 0.294. The predicted octanol–water partition coefficient (Wildman–Crippen LogP) is 2.73. The summed E-state index contributed by atoms with van der Waals surface area (Å²) in [6, 6.07) is 5.30. The lowest BCUT2D eigenvalue weighted by Crippen LogP contribution is -2.32. The molecule has 126 valence electrons. The second-order valence-electron chi connectivity index (χ2n) is 5.68. The Morgan fingerprint density at radius 3 is 2.79 bits per heavy atom. The summed E-state index contributed by atoms with van der Waals surface area (Å²) in [4.78, 5) is 16.5. The van der Waals surface area contributed by atoms with Crippen molar-refractivity contribution in [2.75, 3.05) is 0 Å². The minimum absolute atomic E-state index is 0.135. The largest absolute Gasteiger partial charge is 0.387 e. The van der Waals surface area contributed by atoms with E-state index in [4.69, 9.17) is 0 Å². The number of aliphatic hydroxyl groups excluding tert-OH is 1. The topological polar surface area (TPSA) is 62.2 Å². The van der Waals surface area contributed by atoms with E-state index in [1.807, 2.05) is 0 Å². The molecule has 0 fully saturated rings. The van der Waals surface area contributed by atoms with Crippen LogP contribution in [0.15, 0.2) is 30.5 Å². The quantitative estimate of drug-likeness (QED) is 0.847. The van der Waals surface area contributed by atoms with Crippen molar-refractivity contribution in [3.8, 4) is 0 Å². The van der Waals surface area contributed by atoms with Gasteiger partial charge < -0.3 is 10.4 Å². The Labute approximate surface area is 136 Å². The molecular formula is C17H15F3N2O2. The molecule has 2 aromatic rings. The highest BCUT2D eigenvalue weighted by atomic mass is 19.2. The number of aromatic nitrogens is 1. The third-order valence-corrected chi connectivity index (χ3v) is 4.18. The van der Waals surface area contributed by atoms with E-state index in [1.54, 1.807) is 18.3 Å². The van der Waals surface area contributed by atoms with Crippen LogP contribution in [0.3, 0.4) is 0 Å². The van der Waals surface area contributed by atoms with Crippen molar-refractivity contribution in [2.24, 2.45) is 0 Å². The number of aliphatic hydroxyl groups is 1. The van der Waals surface area contributed by atoms with Gasteiger partial charge in [0.25, 0.3) is 0 Å². The van der Waals surface area contributed by atoms with Crippen LogP contribution < -0.4 is 5.32 Å². The number of fused-ring (bicyclic) bond motifs is 1. The van der Waals surface area contributed by atoms with Gasteiger partial charge in [-0.15, -0.1) is 0 Å². The molecule has 7 heteroatoms. The van der Waals surface area contributed by atoms with Crippen LogP contribution in [0.25, 0.3) is 0 Å². The summed E-state index contributed by atoms with van der Waals surface area (Å²) in [7, 11) is 0. The van der Waals surface area contributed by atoms with Crippen molar-refractivity contribution in [1.29, 1.82) is 0 Å². The zero-order chi connectivity index (χ0) is 17.3. The molecule has 1 aliphatic carbocycles. The van der Waals surface area contributed by atoms with E-state index in [0.29, 0.717) is 24.1 Å². The molecule has 0 saturated heterocycles. The second kappa shape index (κ2) is 6.60. The summed E-state index contributed by atoms with van der Waals surface area (Å²) in [5, 5.41) is 12.5. The molecule has 2 atom stereocenters. The minimum atomic E-state index is -1.56. The summed E-state index contributed by atoms with van der Waals surface area (Å²) in [5.41, 5.74) is 0.951. The van der Waals surface area contributed by atoms with Gasteiger partial charge in [0.05, 0.1) is 17.7 Å². The summed E-state index contributed by atoms with van der Waals surface area (Å²) in [6.07, 6.45) is 1.64. The van der Waals surface area contributed by atoms with Crippen molar-refractivity contribution in [3.05, 3.63) is 64.7 Å². The molecule has 1 aromatic carbocycles. The third-order valence-electron chi connectivity index (χ3n) is 4.18. The molecule has 1 amide bonds. The van der Waals surface area contributed by atoms with E-state index in [-0.39, 0.29) is 18.0 Å². The number of carbonyl (C=O) groups excluding carboxylic acids is 1. The predicted molar refractivity (Wildman–Crippen MR) is 79.3 cm³/mol. The highest BCUT2D eigenvalue weighted by Gasteiger charge is 2.31. The lowest BCUT2D eigenvalue weighted by molar-refractivity contribution is -0.123. The highest BCUT2D eigenvalue weighted by molar-refractivity contribution is 5.84. The third kappa shape index (κ3) is 2.99. The number of hydrogen-bond acceptors (Lipinski definition) is 3. The fourth-order valence-electron chi connectivity index (χ4n) is 2.90. The van der Waals surface area contributed by atoms with Gasteiger partial charge in [0, 0.05) is 18.3 Å². The molecular weight excluding hydrogens is 321 g/mol. The zero-order valence-electron chi connectivity index (χ0n) is 12.6. The van der Waals surface area contributed by atoms with E-state index in [1.165, 1.54) is 0 Å². The van der Waals surface area contributed by atoms with Gasteiger partial charge >= 0.3 is 0 Å². The number of nitrogens with one attached hydrogen (secondary N) is 1. The number of amides is 1. The molecule has 0 bridgehead atoms. The van der Waals surface area contributed by atoms with Crippen molar-refractivity contribution in [3.63, 3.8) is 0 Å². The number of carbonyl (C=O) groups is 1. The average Bonchev–Trinajstić information content (AvgIpc) is 2.59. The van der Waals surface area contributed by atoms with E-state index in [2.05, 4.69) is 10.3 Å². The molecule has 4 nitrogen and oxygen atoms in total. The van der Waals surface area contributed by atoms with Crippen LogP contribution in [0.4, 0.5) is 13.2 Å². The van der Waals surface area contributed by atoms with Gasteiger partial charge in [0.2, 0.25) is 5.91 Å². The molecule has 1 aliphatic rings. The first kappa shape index (κ1) is 16.4. The SMILES string of the molecule is O=C(NCc1ccc(F)c(F)c1F)[C@@H]1CC[C@@H](O)c2ncccc21. The Bertz CT molecular complexity index is 782. The molecule has 1 heterocycles. The van der Waals surface area contributed by atoms with Gasteiger partial charge in [-0.2, -0.15) is 0 Å². The Morgan fingerprint density at radius 1 is 1.21 bits per heavy atom. The normalized spacial score (nSPS) is 19.7. The Hall–Kier alpha value is -2.41. The zero-order valence-corrected chi connectivity index (χ0v) is 12.6. The van der Waals surface area contributed by atoms with Gasteiger partial charge in [0.1, 0.15) is 0 Å². The lowest BCUT2D eigenvalue weighted by Gasteiger charge is -2.27. The molecule has 2 N–H and O–H groups in total. The maximum absolute atomic E-state index is 13.6. The summed E-state index contributed by atoms with van der Waals surface area (Å²) in [5.74, 6) is -5.04. The first-order valence-corrected chi connectivity index (χ1v) is 7.52. The van der Waals surface area contributed by atoms with E-state index in [9.17, 15) is 23.1 Å². The molecule has 0 radical (unpaired) electrons. The van der Waals surface area contributed by atoms with Crippen LogP contribution in [-0.4, -0.2) is 16.0 Å². The second-order valence-corrected chi connectivity index (χ2v) is 5.68. The number of nitrogens with zero attached hydrogens (tertiary/aromatic N) is 1. The Morgan fingerprint density at radius 2 is 2.00 bits per heavy atom. The molecule has 0 unspecified atom stereocenters. The standard InChI is InChI=1S/C17H15F3N2O2/c18-12-5-3-9(14(19)15(12)20)8-22-17(24)11-4-6-13(23)16-10(11)2-1-7-21-16/h1-3,5,7,11,13,23H,4,6,8H2,(H,22,24)/t11-,13-/m1/s1. The number of hydrogen-bond donors (Lipinski definition) is 2. The monoisotopic (exact) mass is 336 g/mol. The molecule has 24 heavy (non-hydrogen) atoms. The van der Waals surface area contributed by atoms with Crippen LogP contribution in [0.2, 0.25) is 0 Å². The lowest BCUT2D eigenvalue weighted by atomic mass is 9.83. The van der Waals surface area contributed by atoms with Crippen molar-refractivity contribution >= 4 is 5.91 Å². The molecule has 0 spiro atoms. The van der Waals surface area contributed by atoms with Crippen molar-refractivity contribution in [1.82, 2.24) is 10.3 Å². The summed E-state index contributed by atoms with van der Waals surface area (Å²) >= 11 is 0. The first-order valence-electron chi connectivity index (χ1n) is 7.52. The van der Waals surface area contributed by atoms with E-state index >= 15 is 0 Å². The van der Waals surface area contributed by atoms with Crippen LogP contribution in [0, 0.1) is 17.5 Å². The van der Waals surface area contributed by atoms with Crippen molar-refractivity contribution in [2.45, 2.75) is 31.4 Å². The van der Waals surface area contributed by atoms with Gasteiger partial charge in [0.15, 0.2) is 17.5 Å². The smallest absolute Gasteiger partial charge is 0.227 e. The number of halogens is 3. The van der Waals surface area contributed by atoms with E-state index in [0.717, 1.165) is 12.1 Å². The average molecular weight is 336 g/mol. The molecule has 0 saturated carbocycles. The van der Waals surface area contributed by atoms with E-state index < -0.39 is 29.5 Å².